The van der Waals surface area contributed by atoms with Crippen molar-refractivity contribution in [2.45, 2.75) is 33.7 Å². The van der Waals surface area contributed by atoms with Crippen LogP contribution < -0.4 is 5.32 Å². The van der Waals surface area contributed by atoms with Gasteiger partial charge in [-0.3, -0.25) is 4.79 Å². The van der Waals surface area contributed by atoms with E-state index in [-0.39, 0.29) is 16.7 Å². The molecule has 5 nitrogen and oxygen atoms in total. The van der Waals surface area contributed by atoms with Crippen molar-refractivity contribution >= 4 is 11.7 Å². The molecule has 1 saturated carbocycles. The molecule has 2 rings (SSSR count). The zero-order valence-corrected chi connectivity index (χ0v) is 12.5. The van der Waals surface area contributed by atoms with E-state index < -0.39 is 0 Å². The van der Waals surface area contributed by atoms with Gasteiger partial charge in [-0.15, -0.1) is 10.2 Å². The lowest BCUT2D eigenvalue weighted by molar-refractivity contribution is 0.0821. The van der Waals surface area contributed by atoms with E-state index in [0.29, 0.717) is 11.7 Å². The van der Waals surface area contributed by atoms with Gasteiger partial charge in [0.05, 0.1) is 0 Å². The molecule has 0 atom stereocenters. The van der Waals surface area contributed by atoms with Gasteiger partial charge in [-0.05, 0) is 23.0 Å². The second-order valence-corrected chi connectivity index (χ2v) is 6.52. The van der Waals surface area contributed by atoms with Crippen molar-refractivity contribution in [2.75, 3.05) is 19.4 Å². The molecule has 0 unspecified atom stereocenters. The lowest BCUT2D eigenvalue weighted by Crippen LogP contribution is -2.23. The number of amides is 1. The van der Waals surface area contributed by atoms with Crippen LogP contribution in [-0.4, -0.2) is 41.1 Å². The minimum atomic E-state index is -0.133. The number of anilines is 1. The van der Waals surface area contributed by atoms with Crippen LogP contribution in [0.25, 0.3) is 0 Å². The second kappa shape index (κ2) is 4.18. The first-order chi connectivity index (χ1) is 8.68. The Morgan fingerprint density at radius 3 is 2.11 bits per heavy atom. The second-order valence-electron chi connectivity index (χ2n) is 6.52. The summed E-state index contributed by atoms with van der Waals surface area (Å²) < 4.78 is 0. The van der Waals surface area contributed by atoms with Crippen molar-refractivity contribution in [2.24, 2.45) is 10.8 Å². The summed E-state index contributed by atoms with van der Waals surface area (Å²) in [7, 11) is 3.40. The van der Waals surface area contributed by atoms with E-state index in [4.69, 9.17) is 0 Å². The average molecular weight is 262 g/mol. The lowest BCUT2D eigenvalue weighted by atomic mass is 10.0. The first kappa shape index (κ1) is 13.8. The minimum Gasteiger partial charge on any atom is -0.365 e. The summed E-state index contributed by atoms with van der Waals surface area (Å²) in [6, 6.07) is 3.90. The molecule has 0 saturated heterocycles. The Morgan fingerprint density at radius 2 is 1.74 bits per heavy atom. The summed E-state index contributed by atoms with van der Waals surface area (Å²) >= 11 is 0. The normalized spacial score (nSPS) is 19.9. The van der Waals surface area contributed by atoms with Gasteiger partial charge in [-0.25, -0.2) is 0 Å². The molecule has 104 valence electrons. The van der Waals surface area contributed by atoms with E-state index in [9.17, 15) is 4.79 Å². The summed E-state index contributed by atoms with van der Waals surface area (Å²) in [5.41, 5.74) is 0.851. The Labute approximate surface area is 114 Å². The molecule has 0 aliphatic heterocycles. The SMILES string of the molecule is CN(C)C(=O)c1ccc(NC2C(C)(C)C2(C)C)nn1. The van der Waals surface area contributed by atoms with Crippen molar-refractivity contribution in [1.82, 2.24) is 15.1 Å². The molecule has 1 heterocycles. The summed E-state index contributed by atoms with van der Waals surface area (Å²) in [4.78, 5) is 13.2. The van der Waals surface area contributed by atoms with Gasteiger partial charge < -0.3 is 10.2 Å². The van der Waals surface area contributed by atoms with Gasteiger partial charge in [0.1, 0.15) is 5.82 Å². The van der Waals surface area contributed by atoms with Gasteiger partial charge in [0.15, 0.2) is 5.69 Å². The van der Waals surface area contributed by atoms with E-state index in [1.54, 1.807) is 20.2 Å². The summed E-state index contributed by atoms with van der Waals surface area (Å²) in [5, 5.41) is 11.5. The third-order valence-electron chi connectivity index (χ3n) is 4.60. The van der Waals surface area contributed by atoms with Crippen molar-refractivity contribution in [3.05, 3.63) is 17.8 Å². The number of carbonyl (C=O) groups excluding carboxylic acids is 1. The first-order valence-corrected chi connectivity index (χ1v) is 6.50. The van der Waals surface area contributed by atoms with E-state index in [1.165, 1.54) is 4.90 Å². The predicted octanol–water partition coefficient (Wildman–Crippen LogP) is 2.02. The maximum atomic E-state index is 11.7. The molecule has 0 bridgehead atoms. The highest BCUT2D eigenvalue weighted by molar-refractivity contribution is 5.91. The van der Waals surface area contributed by atoms with Crippen molar-refractivity contribution in [3.8, 4) is 0 Å². The molecule has 19 heavy (non-hydrogen) atoms. The number of aromatic nitrogens is 2. The maximum Gasteiger partial charge on any atom is 0.273 e. The molecular formula is C14H22N4O. The molecule has 1 aliphatic carbocycles. The zero-order valence-electron chi connectivity index (χ0n) is 12.5. The number of nitrogens with one attached hydrogen (secondary N) is 1. The third-order valence-corrected chi connectivity index (χ3v) is 4.60. The Kier molecular flexibility index (Phi) is 3.03. The molecule has 1 aromatic rings. The number of carbonyl (C=O) groups is 1. The Bertz CT molecular complexity index is 477. The molecule has 0 spiro atoms. The van der Waals surface area contributed by atoms with Crippen LogP contribution in [0.3, 0.4) is 0 Å². The van der Waals surface area contributed by atoms with Gasteiger partial charge in [-0.1, -0.05) is 27.7 Å². The van der Waals surface area contributed by atoms with Crippen LogP contribution in [0.15, 0.2) is 12.1 Å². The topological polar surface area (TPSA) is 58.1 Å². The van der Waals surface area contributed by atoms with Crippen LogP contribution in [0.1, 0.15) is 38.2 Å². The van der Waals surface area contributed by atoms with Gasteiger partial charge in [0.25, 0.3) is 5.91 Å². The predicted molar refractivity (Wildman–Crippen MR) is 75.0 cm³/mol. The zero-order chi connectivity index (χ0) is 14.4. The molecule has 1 fully saturated rings. The highest BCUT2D eigenvalue weighted by atomic mass is 16.2. The van der Waals surface area contributed by atoms with Crippen molar-refractivity contribution in [3.63, 3.8) is 0 Å². The number of hydrogen-bond acceptors (Lipinski definition) is 4. The maximum absolute atomic E-state index is 11.7. The quantitative estimate of drug-likeness (QED) is 0.905. The monoisotopic (exact) mass is 262 g/mol. The van der Waals surface area contributed by atoms with Crippen LogP contribution in [0.4, 0.5) is 5.82 Å². The van der Waals surface area contributed by atoms with E-state index in [1.807, 2.05) is 6.07 Å². The Hall–Kier alpha value is -1.65. The standard InChI is InChI=1S/C14H22N4O/c1-13(2)12(14(13,3)4)15-10-8-7-9(16-17-10)11(19)18(5)6/h7-8,12H,1-6H3,(H,15,17). The van der Waals surface area contributed by atoms with E-state index >= 15 is 0 Å². The van der Waals surface area contributed by atoms with Gasteiger partial charge in [0.2, 0.25) is 0 Å². The average Bonchev–Trinajstić information content (AvgIpc) is 2.71. The highest BCUT2D eigenvalue weighted by Crippen LogP contribution is 2.63. The smallest absolute Gasteiger partial charge is 0.273 e. The van der Waals surface area contributed by atoms with E-state index in [0.717, 1.165) is 5.82 Å². The third kappa shape index (κ3) is 2.17. The van der Waals surface area contributed by atoms with Crippen LogP contribution >= 0.6 is 0 Å². The van der Waals surface area contributed by atoms with Gasteiger partial charge >= 0.3 is 0 Å². The van der Waals surface area contributed by atoms with Crippen molar-refractivity contribution < 1.29 is 4.79 Å². The highest BCUT2D eigenvalue weighted by Gasteiger charge is 2.65. The van der Waals surface area contributed by atoms with Gasteiger partial charge in [0, 0.05) is 20.1 Å². The lowest BCUT2D eigenvalue weighted by Gasteiger charge is -2.10. The number of rotatable bonds is 3. The van der Waals surface area contributed by atoms with Crippen LogP contribution in [-0.2, 0) is 0 Å². The molecule has 1 N–H and O–H groups in total. The molecule has 1 amide bonds. The Morgan fingerprint density at radius 1 is 1.16 bits per heavy atom. The fourth-order valence-corrected chi connectivity index (χ4v) is 2.46. The fourth-order valence-electron chi connectivity index (χ4n) is 2.46. The molecule has 0 radical (unpaired) electrons. The van der Waals surface area contributed by atoms with Crippen LogP contribution in [0.5, 0.6) is 0 Å². The van der Waals surface area contributed by atoms with Crippen LogP contribution in [0, 0.1) is 10.8 Å². The van der Waals surface area contributed by atoms with E-state index in [2.05, 4.69) is 43.2 Å². The number of nitrogens with zero attached hydrogens (tertiary/aromatic N) is 3. The largest absolute Gasteiger partial charge is 0.365 e. The fraction of sp³-hybridized carbons (Fsp3) is 0.643. The summed E-state index contributed by atoms with van der Waals surface area (Å²) in [5.74, 6) is 0.588. The van der Waals surface area contributed by atoms with Crippen LogP contribution in [0.2, 0.25) is 0 Å². The van der Waals surface area contributed by atoms with Crippen molar-refractivity contribution in [1.29, 1.82) is 0 Å². The first-order valence-electron chi connectivity index (χ1n) is 6.50. The Balaban J connectivity index is 2.07. The number of hydrogen-bond donors (Lipinski definition) is 1. The molecule has 5 heteroatoms. The molecule has 1 aromatic heterocycles. The molecular weight excluding hydrogens is 240 g/mol. The van der Waals surface area contributed by atoms with Gasteiger partial charge in [-0.2, -0.15) is 0 Å². The molecule has 0 aromatic carbocycles. The summed E-state index contributed by atoms with van der Waals surface area (Å²) in [6.07, 6.45) is 0. The molecule has 1 aliphatic rings. The summed E-state index contributed by atoms with van der Waals surface area (Å²) in [6.45, 7) is 8.95. The minimum absolute atomic E-state index is 0.133.